The van der Waals surface area contributed by atoms with E-state index in [-0.39, 0.29) is 6.61 Å². The Bertz CT molecular complexity index is 527. The summed E-state index contributed by atoms with van der Waals surface area (Å²) in [6, 6.07) is 7.63. The van der Waals surface area contributed by atoms with Gasteiger partial charge in [-0.15, -0.1) is 0 Å². The molecule has 1 aromatic carbocycles. The Morgan fingerprint density at radius 3 is 2.84 bits per heavy atom. The molecule has 1 rings (SSSR count). The van der Waals surface area contributed by atoms with E-state index in [1.54, 1.807) is 6.92 Å². The van der Waals surface area contributed by atoms with Crippen LogP contribution in [0.15, 0.2) is 24.3 Å². The van der Waals surface area contributed by atoms with E-state index in [2.05, 4.69) is 0 Å². The molecule has 4 heteroatoms. The van der Waals surface area contributed by atoms with Crippen molar-refractivity contribution in [2.24, 2.45) is 0 Å². The average molecular weight is 259 g/mol. The van der Waals surface area contributed by atoms with E-state index in [4.69, 9.17) is 14.7 Å². The highest BCUT2D eigenvalue weighted by Gasteiger charge is 2.09. The maximum atomic E-state index is 11.3. The summed E-state index contributed by atoms with van der Waals surface area (Å²) in [5.74, 6) is 0.175. The Hall–Kier alpha value is -2.28. The highest BCUT2D eigenvalue weighted by Crippen LogP contribution is 2.27. The van der Waals surface area contributed by atoms with Crippen molar-refractivity contribution in [2.45, 2.75) is 20.8 Å². The first-order valence-corrected chi connectivity index (χ1v) is 6.04. The second-order valence-electron chi connectivity index (χ2n) is 4.05. The standard InChI is InChI=1S/C15H17NO3/c1-4-18-15(17)10-19-14-9-11(2)5-6-13(14)12(3)7-8-16/h5-7,9H,4,10H2,1-3H3. The number of nitriles is 1. The van der Waals surface area contributed by atoms with Crippen molar-refractivity contribution in [3.05, 3.63) is 35.4 Å². The van der Waals surface area contributed by atoms with E-state index in [1.165, 1.54) is 6.08 Å². The van der Waals surface area contributed by atoms with E-state index >= 15 is 0 Å². The van der Waals surface area contributed by atoms with Crippen molar-refractivity contribution in [3.63, 3.8) is 0 Å². The first kappa shape index (κ1) is 14.8. The number of carbonyl (C=O) groups excluding carboxylic acids is 1. The normalized spacial score (nSPS) is 10.7. The molecule has 0 heterocycles. The lowest BCUT2D eigenvalue weighted by Crippen LogP contribution is -2.15. The third-order valence-corrected chi connectivity index (χ3v) is 2.49. The van der Waals surface area contributed by atoms with Crippen LogP contribution in [0.25, 0.3) is 5.57 Å². The molecule has 0 N–H and O–H groups in total. The Balaban J connectivity index is 2.92. The van der Waals surface area contributed by atoms with E-state index in [9.17, 15) is 4.79 Å². The smallest absolute Gasteiger partial charge is 0.344 e. The molecule has 0 unspecified atom stereocenters. The number of ether oxygens (including phenoxy) is 2. The maximum Gasteiger partial charge on any atom is 0.344 e. The highest BCUT2D eigenvalue weighted by molar-refractivity contribution is 5.73. The Kier molecular flexibility index (Phi) is 5.62. The number of esters is 1. The molecule has 0 aliphatic rings. The largest absolute Gasteiger partial charge is 0.481 e. The van der Waals surface area contributed by atoms with Gasteiger partial charge in [0.25, 0.3) is 0 Å². The van der Waals surface area contributed by atoms with Gasteiger partial charge in [-0.1, -0.05) is 12.1 Å². The number of hydrogen-bond donors (Lipinski definition) is 0. The zero-order chi connectivity index (χ0) is 14.3. The van der Waals surface area contributed by atoms with Gasteiger partial charge < -0.3 is 9.47 Å². The van der Waals surface area contributed by atoms with Crippen LogP contribution >= 0.6 is 0 Å². The van der Waals surface area contributed by atoms with Crippen LogP contribution in [0.2, 0.25) is 0 Å². The molecule has 19 heavy (non-hydrogen) atoms. The Morgan fingerprint density at radius 2 is 2.21 bits per heavy atom. The van der Waals surface area contributed by atoms with Crippen molar-refractivity contribution in [3.8, 4) is 11.8 Å². The minimum absolute atomic E-state index is 0.135. The molecule has 0 amide bonds. The van der Waals surface area contributed by atoms with Crippen LogP contribution in [0.4, 0.5) is 0 Å². The molecule has 0 bridgehead atoms. The first-order chi connectivity index (χ1) is 9.08. The monoisotopic (exact) mass is 259 g/mol. The van der Waals surface area contributed by atoms with Crippen LogP contribution in [0, 0.1) is 18.3 Å². The van der Waals surface area contributed by atoms with E-state index in [1.807, 2.05) is 38.1 Å². The molecular formula is C15H17NO3. The maximum absolute atomic E-state index is 11.3. The number of aryl methyl sites for hydroxylation is 1. The Morgan fingerprint density at radius 1 is 1.47 bits per heavy atom. The van der Waals surface area contributed by atoms with Gasteiger partial charge in [0.15, 0.2) is 6.61 Å². The van der Waals surface area contributed by atoms with Gasteiger partial charge in [-0.05, 0) is 38.0 Å². The zero-order valence-corrected chi connectivity index (χ0v) is 11.4. The van der Waals surface area contributed by atoms with E-state index in [0.717, 1.165) is 16.7 Å². The van der Waals surface area contributed by atoms with Crippen LogP contribution in [0.3, 0.4) is 0 Å². The fourth-order valence-electron chi connectivity index (χ4n) is 1.59. The Labute approximate surface area is 113 Å². The number of rotatable bonds is 5. The van der Waals surface area contributed by atoms with Crippen molar-refractivity contribution in [2.75, 3.05) is 13.2 Å². The van der Waals surface area contributed by atoms with Crippen LogP contribution < -0.4 is 4.74 Å². The minimum Gasteiger partial charge on any atom is -0.481 e. The predicted octanol–water partition coefficient (Wildman–Crippen LogP) is 2.86. The van der Waals surface area contributed by atoms with Crippen LogP contribution in [0.5, 0.6) is 5.75 Å². The molecule has 0 fully saturated rings. The summed E-state index contributed by atoms with van der Waals surface area (Å²) < 4.78 is 10.3. The number of carbonyl (C=O) groups is 1. The van der Waals surface area contributed by atoms with Crippen molar-refractivity contribution in [1.82, 2.24) is 0 Å². The average Bonchev–Trinajstić information content (AvgIpc) is 2.37. The number of hydrogen-bond acceptors (Lipinski definition) is 4. The van der Waals surface area contributed by atoms with Gasteiger partial charge in [0.05, 0.1) is 12.7 Å². The van der Waals surface area contributed by atoms with Gasteiger partial charge in [0, 0.05) is 11.6 Å². The molecule has 1 aromatic rings. The van der Waals surface area contributed by atoms with Gasteiger partial charge in [0.1, 0.15) is 5.75 Å². The quantitative estimate of drug-likeness (QED) is 0.602. The second kappa shape index (κ2) is 7.22. The molecule has 0 atom stereocenters. The summed E-state index contributed by atoms with van der Waals surface area (Å²) in [7, 11) is 0. The lowest BCUT2D eigenvalue weighted by molar-refractivity contribution is -0.145. The molecule has 0 saturated carbocycles. The number of nitrogens with zero attached hydrogens (tertiary/aromatic N) is 1. The number of benzene rings is 1. The fraction of sp³-hybridized carbons (Fsp3) is 0.333. The van der Waals surface area contributed by atoms with Gasteiger partial charge >= 0.3 is 5.97 Å². The van der Waals surface area contributed by atoms with Gasteiger partial charge in [0.2, 0.25) is 0 Å². The number of allylic oxidation sites excluding steroid dienone is 2. The van der Waals surface area contributed by atoms with E-state index < -0.39 is 5.97 Å². The molecule has 0 aliphatic carbocycles. The summed E-state index contributed by atoms with van der Waals surface area (Å²) in [5, 5.41) is 8.69. The molecule has 100 valence electrons. The van der Waals surface area contributed by atoms with Crippen molar-refractivity contribution >= 4 is 11.5 Å². The zero-order valence-electron chi connectivity index (χ0n) is 11.4. The van der Waals surface area contributed by atoms with Crippen LogP contribution in [0.1, 0.15) is 25.0 Å². The molecule has 0 saturated heterocycles. The molecule has 0 spiro atoms. The summed E-state index contributed by atoms with van der Waals surface area (Å²) in [4.78, 5) is 11.3. The summed E-state index contributed by atoms with van der Waals surface area (Å²) >= 11 is 0. The third-order valence-electron chi connectivity index (χ3n) is 2.49. The molecule has 0 aliphatic heterocycles. The van der Waals surface area contributed by atoms with Gasteiger partial charge in [-0.3, -0.25) is 0 Å². The first-order valence-electron chi connectivity index (χ1n) is 6.04. The summed E-state index contributed by atoms with van der Waals surface area (Å²) in [6.45, 7) is 5.70. The lowest BCUT2D eigenvalue weighted by atomic mass is 10.0. The fourth-order valence-corrected chi connectivity index (χ4v) is 1.59. The van der Waals surface area contributed by atoms with Gasteiger partial charge in [-0.25, -0.2) is 4.79 Å². The topological polar surface area (TPSA) is 59.3 Å². The SMILES string of the molecule is CCOC(=O)COc1cc(C)ccc1C(C)=CC#N. The highest BCUT2D eigenvalue weighted by atomic mass is 16.6. The summed E-state index contributed by atoms with van der Waals surface area (Å²) in [6.07, 6.45) is 1.45. The van der Waals surface area contributed by atoms with Crippen molar-refractivity contribution in [1.29, 1.82) is 5.26 Å². The third kappa shape index (κ3) is 4.47. The second-order valence-corrected chi connectivity index (χ2v) is 4.05. The van der Waals surface area contributed by atoms with Gasteiger partial charge in [-0.2, -0.15) is 5.26 Å². The van der Waals surface area contributed by atoms with Crippen molar-refractivity contribution < 1.29 is 14.3 Å². The molecule has 0 aromatic heterocycles. The van der Waals surface area contributed by atoms with Crippen LogP contribution in [-0.2, 0) is 9.53 Å². The minimum atomic E-state index is -0.406. The molecular weight excluding hydrogens is 242 g/mol. The molecule has 0 radical (unpaired) electrons. The molecule has 4 nitrogen and oxygen atoms in total. The summed E-state index contributed by atoms with van der Waals surface area (Å²) in [5.41, 5.74) is 2.62. The van der Waals surface area contributed by atoms with E-state index in [0.29, 0.717) is 12.4 Å². The van der Waals surface area contributed by atoms with Crippen LogP contribution in [-0.4, -0.2) is 19.2 Å². The lowest BCUT2D eigenvalue weighted by Gasteiger charge is -2.12. The predicted molar refractivity (Wildman–Crippen MR) is 72.6 cm³/mol.